The number of benzene rings is 1. The highest BCUT2D eigenvalue weighted by atomic mass is 19.4. The van der Waals surface area contributed by atoms with Gasteiger partial charge in [0.15, 0.2) is 6.10 Å². The zero-order valence-corrected chi connectivity index (χ0v) is 9.34. The van der Waals surface area contributed by atoms with Crippen LogP contribution in [-0.4, -0.2) is 25.4 Å². The predicted octanol–water partition coefficient (Wildman–Crippen LogP) is 2.66. The van der Waals surface area contributed by atoms with Gasteiger partial charge in [0.2, 0.25) is 0 Å². The third-order valence-corrected chi connectivity index (χ3v) is 2.27. The molecule has 1 N–H and O–H groups in total. The van der Waals surface area contributed by atoms with Crippen molar-refractivity contribution in [1.82, 2.24) is 0 Å². The molecule has 0 heterocycles. The third-order valence-electron chi connectivity index (χ3n) is 2.27. The molecule has 0 fully saturated rings. The Labute approximate surface area is 92.3 Å². The minimum absolute atomic E-state index is 0.113. The van der Waals surface area contributed by atoms with Crippen LogP contribution >= 0.6 is 0 Å². The van der Waals surface area contributed by atoms with E-state index in [2.05, 4.69) is 0 Å². The normalized spacial score (nSPS) is 13.7. The molecular weight excluding hydrogens is 219 g/mol. The molecule has 0 radical (unpaired) electrons. The molecule has 16 heavy (non-hydrogen) atoms. The van der Waals surface area contributed by atoms with E-state index in [4.69, 9.17) is 0 Å². The van der Waals surface area contributed by atoms with Crippen molar-refractivity contribution in [3.8, 4) is 0 Å². The summed E-state index contributed by atoms with van der Waals surface area (Å²) in [6.45, 7) is 1.69. The van der Waals surface area contributed by atoms with Crippen LogP contribution in [0.1, 0.15) is 17.2 Å². The molecule has 5 heteroatoms. The SMILES string of the molecule is Cc1ccc(N(C)C)c(C(O)C(F)(F)F)c1. The highest BCUT2D eigenvalue weighted by Crippen LogP contribution is 2.37. The van der Waals surface area contributed by atoms with Crippen LogP contribution in [0.2, 0.25) is 0 Å². The van der Waals surface area contributed by atoms with Gasteiger partial charge in [-0.2, -0.15) is 13.2 Å². The Morgan fingerprint density at radius 3 is 2.25 bits per heavy atom. The van der Waals surface area contributed by atoms with Crippen molar-refractivity contribution in [2.24, 2.45) is 0 Å². The highest BCUT2D eigenvalue weighted by molar-refractivity contribution is 5.55. The van der Waals surface area contributed by atoms with Crippen molar-refractivity contribution in [2.75, 3.05) is 19.0 Å². The molecule has 1 aromatic carbocycles. The van der Waals surface area contributed by atoms with Crippen LogP contribution < -0.4 is 4.90 Å². The van der Waals surface area contributed by atoms with E-state index in [0.717, 1.165) is 0 Å². The van der Waals surface area contributed by atoms with Crippen LogP contribution in [0.3, 0.4) is 0 Å². The van der Waals surface area contributed by atoms with E-state index in [1.807, 2.05) is 0 Å². The van der Waals surface area contributed by atoms with E-state index in [1.54, 1.807) is 38.1 Å². The smallest absolute Gasteiger partial charge is 0.379 e. The van der Waals surface area contributed by atoms with E-state index in [9.17, 15) is 18.3 Å². The maximum absolute atomic E-state index is 12.4. The zero-order valence-electron chi connectivity index (χ0n) is 9.34. The minimum Gasteiger partial charge on any atom is -0.379 e. The standard InChI is InChI=1S/C11H14F3NO/c1-7-4-5-9(15(2)3)8(6-7)10(16)11(12,13)14/h4-6,10,16H,1-3H3. The Hall–Kier alpha value is -1.23. The predicted molar refractivity (Wildman–Crippen MR) is 56.5 cm³/mol. The molecule has 0 aromatic heterocycles. The second-order valence-electron chi connectivity index (χ2n) is 3.90. The number of aryl methyl sites for hydroxylation is 1. The molecule has 0 amide bonds. The summed E-state index contributed by atoms with van der Waals surface area (Å²) in [4.78, 5) is 1.55. The van der Waals surface area contributed by atoms with Crippen molar-refractivity contribution < 1.29 is 18.3 Å². The molecule has 0 saturated carbocycles. The summed E-state index contributed by atoms with van der Waals surface area (Å²) in [7, 11) is 3.27. The first-order valence-corrected chi connectivity index (χ1v) is 4.76. The van der Waals surface area contributed by atoms with Gasteiger partial charge in [0.25, 0.3) is 0 Å². The number of hydrogen-bond acceptors (Lipinski definition) is 2. The number of rotatable bonds is 2. The lowest BCUT2D eigenvalue weighted by Gasteiger charge is -2.22. The van der Waals surface area contributed by atoms with Crippen molar-refractivity contribution in [1.29, 1.82) is 0 Å². The van der Waals surface area contributed by atoms with Gasteiger partial charge in [-0.3, -0.25) is 0 Å². The van der Waals surface area contributed by atoms with Crippen LogP contribution in [-0.2, 0) is 0 Å². The number of nitrogens with zero attached hydrogens (tertiary/aromatic N) is 1. The van der Waals surface area contributed by atoms with Gasteiger partial charge in [0, 0.05) is 25.3 Å². The molecule has 1 atom stereocenters. The van der Waals surface area contributed by atoms with Gasteiger partial charge in [0.05, 0.1) is 0 Å². The first-order valence-electron chi connectivity index (χ1n) is 4.76. The second kappa shape index (κ2) is 4.33. The lowest BCUT2D eigenvalue weighted by atomic mass is 10.0. The molecule has 90 valence electrons. The highest BCUT2D eigenvalue weighted by Gasteiger charge is 2.40. The Morgan fingerprint density at radius 1 is 1.25 bits per heavy atom. The maximum Gasteiger partial charge on any atom is 0.418 e. The average Bonchev–Trinajstić information content (AvgIpc) is 2.14. The van der Waals surface area contributed by atoms with Crippen molar-refractivity contribution in [2.45, 2.75) is 19.2 Å². The topological polar surface area (TPSA) is 23.5 Å². The molecule has 0 aliphatic carbocycles. The van der Waals surface area contributed by atoms with E-state index >= 15 is 0 Å². The number of aliphatic hydroxyl groups is 1. The molecule has 0 spiro atoms. The molecule has 0 saturated heterocycles. The quantitative estimate of drug-likeness (QED) is 0.848. The summed E-state index contributed by atoms with van der Waals surface area (Å²) < 4.78 is 37.3. The molecule has 1 rings (SSSR count). The fourth-order valence-electron chi connectivity index (χ4n) is 1.48. The fraction of sp³-hybridized carbons (Fsp3) is 0.455. The van der Waals surface area contributed by atoms with Crippen LogP contribution in [0.15, 0.2) is 18.2 Å². The average molecular weight is 233 g/mol. The molecule has 0 aliphatic heterocycles. The molecule has 1 unspecified atom stereocenters. The monoisotopic (exact) mass is 233 g/mol. The summed E-state index contributed by atoms with van der Waals surface area (Å²) in [5.74, 6) is 0. The Bertz CT molecular complexity index is 374. The molecule has 2 nitrogen and oxygen atoms in total. The summed E-state index contributed by atoms with van der Waals surface area (Å²) >= 11 is 0. The second-order valence-corrected chi connectivity index (χ2v) is 3.90. The lowest BCUT2D eigenvalue weighted by molar-refractivity contribution is -0.206. The number of hydrogen-bond donors (Lipinski definition) is 1. The van der Waals surface area contributed by atoms with E-state index < -0.39 is 12.3 Å². The number of alkyl halides is 3. The Balaban J connectivity index is 3.25. The first kappa shape index (κ1) is 12.8. The van der Waals surface area contributed by atoms with E-state index in [1.165, 1.54) is 6.07 Å². The van der Waals surface area contributed by atoms with Gasteiger partial charge in [-0.15, -0.1) is 0 Å². The van der Waals surface area contributed by atoms with Crippen LogP contribution in [0, 0.1) is 6.92 Å². The van der Waals surface area contributed by atoms with Crippen LogP contribution in [0.5, 0.6) is 0 Å². The van der Waals surface area contributed by atoms with Crippen LogP contribution in [0.25, 0.3) is 0 Å². The van der Waals surface area contributed by atoms with Gasteiger partial charge < -0.3 is 10.0 Å². The summed E-state index contributed by atoms with van der Waals surface area (Å²) in [6.07, 6.45) is -7.08. The maximum atomic E-state index is 12.4. The molecule has 0 aliphatic rings. The van der Waals surface area contributed by atoms with Crippen molar-refractivity contribution >= 4 is 5.69 Å². The van der Waals surface area contributed by atoms with E-state index in [0.29, 0.717) is 11.3 Å². The number of aliphatic hydroxyl groups excluding tert-OH is 1. The molecule has 0 bridgehead atoms. The Morgan fingerprint density at radius 2 is 1.81 bits per heavy atom. The van der Waals surface area contributed by atoms with Gasteiger partial charge in [-0.1, -0.05) is 17.7 Å². The van der Waals surface area contributed by atoms with Crippen LogP contribution in [0.4, 0.5) is 18.9 Å². The third kappa shape index (κ3) is 2.66. The minimum atomic E-state index is -4.64. The van der Waals surface area contributed by atoms with E-state index in [-0.39, 0.29) is 5.56 Å². The lowest BCUT2D eigenvalue weighted by Crippen LogP contribution is -2.23. The first-order chi connectivity index (χ1) is 7.23. The Kier molecular flexibility index (Phi) is 3.48. The molecule has 1 aromatic rings. The summed E-state index contributed by atoms with van der Waals surface area (Å²) in [6, 6.07) is 4.63. The van der Waals surface area contributed by atoms with Gasteiger partial charge >= 0.3 is 6.18 Å². The summed E-state index contributed by atoms with van der Waals surface area (Å²) in [5, 5.41) is 9.26. The fourth-order valence-corrected chi connectivity index (χ4v) is 1.48. The number of halogens is 3. The number of anilines is 1. The molecular formula is C11H14F3NO. The van der Waals surface area contributed by atoms with Gasteiger partial charge in [-0.05, 0) is 13.0 Å². The van der Waals surface area contributed by atoms with Crippen molar-refractivity contribution in [3.05, 3.63) is 29.3 Å². The van der Waals surface area contributed by atoms with Gasteiger partial charge in [0.1, 0.15) is 0 Å². The summed E-state index contributed by atoms with van der Waals surface area (Å²) in [5.41, 5.74) is 0.942. The van der Waals surface area contributed by atoms with Crippen molar-refractivity contribution in [3.63, 3.8) is 0 Å². The zero-order chi connectivity index (χ0) is 12.5. The van der Waals surface area contributed by atoms with Gasteiger partial charge in [-0.25, -0.2) is 0 Å². The largest absolute Gasteiger partial charge is 0.418 e.